The summed E-state index contributed by atoms with van der Waals surface area (Å²) in [5.41, 5.74) is 1.87. The fourth-order valence-electron chi connectivity index (χ4n) is 2.69. The van der Waals surface area contributed by atoms with E-state index in [0.717, 1.165) is 5.56 Å². The zero-order valence-electron chi connectivity index (χ0n) is 15.4. The van der Waals surface area contributed by atoms with E-state index in [4.69, 9.17) is 9.84 Å². The first-order valence-corrected chi connectivity index (χ1v) is 9.07. The van der Waals surface area contributed by atoms with Gasteiger partial charge in [-0.1, -0.05) is 48.5 Å². The number of esters is 1. The molecule has 1 N–H and O–H groups in total. The lowest BCUT2D eigenvalue weighted by Crippen LogP contribution is -2.14. The van der Waals surface area contributed by atoms with Crippen LogP contribution in [0.1, 0.15) is 60.0 Å². The number of ketones is 1. The van der Waals surface area contributed by atoms with Crippen LogP contribution in [0.2, 0.25) is 0 Å². The fourth-order valence-corrected chi connectivity index (χ4v) is 2.69. The number of carboxylic acids is 1. The lowest BCUT2D eigenvalue weighted by atomic mass is 9.96. The second kappa shape index (κ2) is 10.3. The Labute approximate surface area is 159 Å². The molecule has 0 aliphatic heterocycles. The second-order valence-corrected chi connectivity index (χ2v) is 6.41. The van der Waals surface area contributed by atoms with Crippen molar-refractivity contribution in [3.05, 3.63) is 71.3 Å². The van der Waals surface area contributed by atoms with Crippen LogP contribution in [0.25, 0.3) is 0 Å². The van der Waals surface area contributed by atoms with Gasteiger partial charge in [0.1, 0.15) is 0 Å². The first-order chi connectivity index (χ1) is 13.0. The molecule has 0 aliphatic carbocycles. The van der Waals surface area contributed by atoms with Gasteiger partial charge < -0.3 is 9.84 Å². The molecule has 2 aromatic rings. The predicted octanol–water partition coefficient (Wildman–Crippen LogP) is 4.21. The van der Waals surface area contributed by atoms with Crippen molar-refractivity contribution in [3.63, 3.8) is 0 Å². The van der Waals surface area contributed by atoms with E-state index < -0.39 is 11.9 Å². The smallest absolute Gasteiger partial charge is 0.313 e. The Kier molecular flexibility index (Phi) is 7.74. The molecule has 0 saturated carbocycles. The Hall–Kier alpha value is -2.95. The Balaban J connectivity index is 1.90. The van der Waals surface area contributed by atoms with E-state index in [-0.39, 0.29) is 24.8 Å². The first-order valence-electron chi connectivity index (χ1n) is 9.07. The van der Waals surface area contributed by atoms with Crippen LogP contribution < -0.4 is 0 Å². The molecule has 2 rings (SSSR count). The molecule has 0 unspecified atom stereocenters. The highest BCUT2D eigenvalue weighted by molar-refractivity contribution is 6.09. The number of rotatable bonds is 10. The third kappa shape index (κ3) is 6.37. The maximum absolute atomic E-state index is 12.6. The molecule has 27 heavy (non-hydrogen) atoms. The van der Waals surface area contributed by atoms with E-state index >= 15 is 0 Å². The van der Waals surface area contributed by atoms with Crippen LogP contribution in [0.3, 0.4) is 0 Å². The van der Waals surface area contributed by atoms with Gasteiger partial charge in [0.15, 0.2) is 5.78 Å². The van der Waals surface area contributed by atoms with E-state index in [2.05, 4.69) is 0 Å². The van der Waals surface area contributed by atoms with Gasteiger partial charge in [-0.05, 0) is 37.8 Å². The number of benzene rings is 2. The molecule has 0 saturated heterocycles. The molecule has 0 radical (unpaired) electrons. The SMILES string of the molecule is C[C@H](C(=O)OCCCCCC(=O)O)c1cccc(C(=O)c2ccccc2)c1. The minimum atomic E-state index is -0.814. The summed E-state index contributed by atoms with van der Waals surface area (Å²) in [6.07, 6.45) is 2.05. The lowest BCUT2D eigenvalue weighted by molar-refractivity contribution is -0.145. The quantitative estimate of drug-likeness (QED) is 0.386. The zero-order valence-corrected chi connectivity index (χ0v) is 15.4. The molecule has 0 heterocycles. The molecule has 5 nitrogen and oxygen atoms in total. The second-order valence-electron chi connectivity index (χ2n) is 6.41. The topological polar surface area (TPSA) is 80.7 Å². The number of hydrogen-bond acceptors (Lipinski definition) is 4. The Morgan fingerprint density at radius 2 is 1.63 bits per heavy atom. The van der Waals surface area contributed by atoms with Crippen LogP contribution in [0.15, 0.2) is 54.6 Å². The lowest BCUT2D eigenvalue weighted by Gasteiger charge is -2.13. The van der Waals surface area contributed by atoms with Crippen molar-refractivity contribution in [3.8, 4) is 0 Å². The van der Waals surface area contributed by atoms with Crippen LogP contribution in [-0.2, 0) is 14.3 Å². The summed E-state index contributed by atoms with van der Waals surface area (Å²) in [6.45, 7) is 2.02. The minimum Gasteiger partial charge on any atom is -0.481 e. The van der Waals surface area contributed by atoms with E-state index in [1.54, 1.807) is 43.3 Å². The fraction of sp³-hybridized carbons (Fsp3) is 0.318. The van der Waals surface area contributed by atoms with Crippen molar-refractivity contribution in [2.45, 2.75) is 38.5 Å². The van der Waals surface area contributed by atoms with Gasteiger partial charge in [0.25, 0.3) is 0 Å². The van der Waals surface area contributed by atoms with Crippen molar-refractivity contribution in [2.24, 2.45) is 0 Å². The number of aliphatic carboxylic acids is 1. The summed E-state index contributed by atoms with van der Waals surface area (Å²) in [5, 5.41) is 8.58. The highest BCUT2D eigenvalue weighted by Gasteiger charge is 2.18. The van der Waals surface area contributed by atoms with Gasteiger partial charge >= 0.3 is 11.9 Å². The van der Waals surface area contributed by atoms with E-state index in [1.165, 1.54) is 0 Å². The van der Waals surface area contributed by atoms with Crippen LogP contribution >= 0.6 is 0 Å². The highest BCUT2D eigenvalue weighted by atomic mass is 16.5. The summed E-state index contributed by atoms with van der Waals surface area (Å²) in [5.74, 6) is -1.73. The van der Waals surface area contributed by atoms with Crippen molar-refractivity contribution in [1.82, 2.24) is 0 Å². The third-order valence-electron chi connectivity index (χ3n) is 4.32. The van der Waals surface area contributed by atoms with Gasteiger partial charge in [0.2, 0.25) is 0 Å². The van der Waals surface area contributed by atoms with Crippen LogP contribution in [0.4, 0.5) is 0 Å². The standard InChI is InChI=1S/C22H24O5/c1-16(22(26)27-14-7-3-6-13-20(23)24)18-11-8-12-19(15-18)21(25)17-9-4-2-5-10-17/h2,4-5,8-12,15-16H,3,6-7,13-14H2,1H3,(H,23,24)/t16-/m0/s1. The van der Waals surface area contributed by atoms with Crippen LogP contribution in [0.5, 0.6) is 0 Å². The van der Waals surface area contributed by atoms with E-state index in [9.17, 15) is 14.4 Å². The third-order valence-corrected chi connectivity index (χ3v) is 4.32. The van der Waals surface area contributed by atoms with E-state index in [0.29, 0.717) is 30.4 Å². The molecular weight excluding hydrogens is 344 g/mol. The maximum Gasteiger partial charge on any atom is 0.313 e. The summed E-state index contributed by atoms with van der Waals surface area (Å²) in [6, 6.07) is 16.0. The normalized spacial score (nSPS) is 11.6. The van der Waals surface area contributed by atoms with Gasteiger partial charge in [-0.25, -0.2) is 0 Å². The monoisotopic (exact) mass is 368 g/mol. The Morgan fingerprint density at radius 1 is 0.926 bits per heavy atom. The van der Waals surface area contributed by atoms with Crippen LogP contribution in [-0.4, -0.2) is 29.4 Å². The molecular formula is C22H24O5. The number of ether oxygens (including phenoxy) is 1. The molecule has 0 fully saturated rings. The summed E-state index contributed by atoms with van der Waals surface area (Å²) >= 11 is 0. The molecule has 0 amide bonds. The molecule has 5 heteroatoms. The summed E-state index contributed by atoms with van der Waals surface area (Å²) in [7, 11) is 0. The number of carbonyl (C=O) groups is 3. The number of unbranched alkanes of at least 4 members (excludes halogenated alkanes) is 2. The molecule has 0 bridgehead atoms. The molecule has 1 atom stereocenters. The van der Waals surface area contributed by atoms with Gasteiger partial charge in [0, 0.05) is 17.5 Å². The summed E-state index contributed by atoms with van der Waals surface area (Å²) < 4.78 is 5.28. The van der Waals surface area contributed by atoms with Gasteiger partial charge in [-0.3, -0.25) is 14.4 Å². The van der Waals surface area contributed by atoms with Crippen molar-refractivity contribution in [1.29, 1.82) is 0 Å². The predicted molar refractivity (Wildman–Crippen MR) is 102 cm³/mol. The molecule has 0 aromatic heterocycles. The number of carbonyl (C=O) groups excluding carboxylic acids is 2. The molecule has 0 spiro atoms. The number of carboxylic acid groups (broad SMARTS) is 1. The van der Waals surface area contributed by atoms with Crippen molar-refractivity contribution in [2.75, 3.05) is 6.61 Å². The molecule has 2 aromatic carbocycles. The van der Waals surface area contributed by atoms with Crippen molar-refractivity contribution < 1.29 is 24.2 Å². The maximum atomic E-state index is 12.6. The minimum absolute atomic E-state index is 0.0866. The molecule has 0 aliphatic rings. The largest absolute Gasteiger partial charge is 0.481 e. The Bertz CT molecular complexity index is 782. The Morgan fingerprint density at radius 3 is 2.33 bits per heavy atom. The average molecular weight is 368 g/mol. The van der Waals surface area contributed by atoms with Gasteiger partial charge in [-0.2, -0.15) is 0 Å². The van der Waals surface area contributed by atoms with Crippen LogP contribution in [0, 0.1) is 0 Å². The zero-order chi connectivity index (χ0) is 19.6. The average Bonchev–Trinajstić information content (AvgIpc) is 2.69. The highest BCUT2D eigenvalue weighted by Crippen LogP contribution is 2.20. The first kappa shape index (κ1) is 20.4. The number of hydrogen-bond donors (Lipinski definition) is 1. The van der Waals surface area contributed by atoms with Gasteiger partial charge in [-0.15, -0.1) is 0 Å². The van der Waals surface area contributed by atoms with Gasteiger partial charge in [0.05, 0.1) is 12.5 Å². The van der Waals surface area contributed by atoms with E-state index in [1.807, 2.05) is 18.2 Å². The molecule has 142 valence electrons. The summed E-state index contributed by atoms with van der Waals surface area (Å²) in [4.78, 5) is 35.2. The van der Waals surface area contributed by atoms with Crippen molar-refractivity contribution >= 4 is 17.7 Å².